The number of nitrogens with zero attached hydrogens (tertiary/aromatic N) is 3. The van der Waals surface area contributed by atoms with Crippen LogP contribution in [0.2, 0.25) is 0 Å². The third-order valence-corrected chi connectivity index (χ3v) is 4.80. The lowest BCUT2D eigenvalue weighted by Gasteiger charge is -2.12. The summed E-state index contributed by atoms with van der Waals surface area (Å²) >= 11 is 0. The molecule has 0 spiro atoms. The maximum absolute atomic E-state index is 12.5. The first-order valence-corrected chi connectivity index (χ1v) is 9.78. The zero-order valence-corrected chi connectivity index (χ0v) is 16.9. The van der Waals surface area contributed by atoms with Gasteiger partial charge in [-0.15, -0.1) is 0 Å². The fourth-order valence-corrected chi connectivity index (χ4v) is 3.34. The number of carbonyl (C=O) groups is 1. The maximum atomic E-state index is 12.5. The van der Waals surface area contributed by atoms with Crippen LogP contribution in [0.3, 0.4) is 0 Å². The summed E-state index contributed by atoms with van der Waals surface area (Å²) in [7, 11) is 0. The second kappa shape index (κ2) is 9.04. The number of hydrogen-bond acceptors (Lipinski definition) is 4. The molecule has 0 radical (unpaired) electrons. The van der Waals surface area contributed by atoms with E-state index in [9.17, 15) is 9.59 Å². The molecule has 7 nitrogen and oxygen atoms in total. The molecular formula is C24H21N5O2. The molecule has 4 rings (SSSR count). The minimum Gasteiger partial charge on any atom is -0.308 e. The molecule has 2 aromatic carbocycles. The lowest BCUT2D eigenvalue weighted by molar-refractivity contribution is 0.262. The topological polar surface area (TPSA) is 88.9 Å². The van der Waals surface area contributed by atoms with Gasteiger partial charge in [-0.25, -0.2) is 14.6 Å². The maximum Gasteiger partial charge on any atom is 0.347 e. The van der Waals surface area contributed by atoms with Gasteiger partial charge in [0, 0.05) is 36.2 Å². The van der Waals surface area contributed by atoms with E-state index in [-0.39, 0.29) is 11.7 Å². The average Bonchev–Trinajstić information content (AvgIpc) is 2.76. The highest BCUT2D eigenvalue weighted by molar-refractivity contribution is 6.00. The number of carbonyl (C=O) groups excluding carboxylic acids is 1. The zero-order chi connectivity index (χ0) is 21.6. The largest absolute Gasteiger partial charge is 0.347 e. The molecule has 0 saturated carbocycles. The van der Waals surface area contributed by atoms with Crippen molar-refractivity contribution in [1.29, 1.82) is 0 Å². The van der Waals surface area contributed by atoms with Gasteiger partial charge in [-0.2, -0.15) is 0 Å². The first-order chi connectivity index (χ1) is 15.1. The van der Waals surface area contributed by atoms with Crippen LogP contribution in [0, 0.1) is 6.92 Å². The van der Waals surface area contributed by atoms with Crippen LogP contribution in [-0.2, 0) is 6.54 Å². The quantitative estimate of drug-likeness (QED) is 0.512. The minimum atomic E-state index is -0.341. The summed E-state index contributed by atoms with van der Waals surface area (Å²) in [6, 6.07) is 18.4. The van der Waals surface area contributed by atoms with Crippen molar-refractivity contribution in [1.82, 2.24) is 14.5 Å². The Bertz CT molecular complexity index is 1270. The van der Waals surface area contributed by atoms with Gasteiger partial charge in [0.05, 0.1) is 6.54 Å². The number of amides is 2. The van der Waals surface area contributed by atoms with Gasteiger partial charge in [0.2, 0.25) is 0 Å². The van der Waals surface area contributed by atoms with Crippen molar-refractivity contribution >= 4 is 17.4 Å². The average molecular weight is 411 g/mol. The molecule has 0 unspecified atom stereocenters. The predicted molar refractivity (Wildman–Crippen MR) is 121 cm³/mol. The van der Waals surface area contributed by atoms with Gasteiger partial charge in [-0.3, -0.25) is 9.55 Å². The van der Waals surface area contributed by atoms with Crippen LogP contribution in [0.15, 0.2) is 90.2 Å². The molecule has 31 heavy (non-hydrogen) atoms. The van der Waals surface area contributed by atoms with Crippen molar-refractivity contribution in [3.05, 3.63) is 107 Å². The van der Waals surface area contributed by atoms with Gasteiger partial charge in [0.1, 0.15) is 0 Å². The van der Waals surface area contributed by atoms with Gasteiger partial charge < -0.3 is 10.6 Å². The summed E-state index contributed by atoms with van der Waals surface area (Å²) in [5, 5.41) is 5.70. The molecule has 0 aliphatic rings. The summed E-state index contributed by atoms with van der Waals surface area (Å²) in [6.07, 6.45) is 6.66. The van der Waals surface area contributed by atoms with E-state index in [2.05, 4.69) is 20.6 Å². The van der Waals surface area contributed by atoms with Crippen LogP contribution in [0.1, 0.15) is 11.1 Å². The van der Waals surface area contributed by atoms with Gasteiger partial charge in [-0.05, 0) is 71.6 Å². The zero-order valence-electron chi connectivity index (χ0n) is 16.9. The number of hydrogen-bond donors (Lipinski definition) is 2. The van der Waals surface area contributed by atoms with Crippen molar-refractivity contribution in [3.63, 3.8) is 0 Å². The van der Waals surface area contributed by atoms with E-state index in [1.165, 1.54) is 10.8 Å². The highest BCUT2D eigenvalue weighted by Crippen LogP contribution is 2.25. The molecule has 0 aliphatic carbocycles. The van der Waals surface area contributed by atoms with Crippen LogP contribution in [0.4, 0.5) is 16.2 Å². The van der Waals surface area contributed by atoms with Crippen LogP contribution >= 0.6 is 0 Å². The molecule has 2 N–H and O–H groups in total. The Labute approximate surface area is 179 Å². The number of anilines is 2. The summed E-state index contributed by atoms with van der Waals surface area (Å²) in [5.41, 5.74) is 5.12. The lowest BCUT2D eigenvalue weighted by atomic mass is 10.0. The van der Waals surface area contributed by atoms with E-state index < -0.39 is 0 Å². The molecule has 7 heteroatoms. The number of aromatic nitrogens is 3. The van der Waals surface area contributed by atoms with Crippen molar-refractivity contribution in [2.75, 3.05) is 10.6 Å². The highest BCUT2D eigenvalue weighted by atomic mass is 16.2. The summed E-state index contributed by atoms with van der Waals surface area (Å²) in [4.78, 5) is 32.1. The number of nitrogens with one attached hydrogen (secondary N) is 2. The first-order valence-electron chi connectivity index (χ1n) is 9.78. The van der Waals surface area contributed by atoms with E-state index in [0.29, 0.717) is 17.9 Å². The molecule has 0 atom stereocenters. The molecule has 0 aliphatic heterocycles. The van der Waals surface area contributed by atoms with Crippen LogP contribution < -0.4 is 16.3 Å². The molecule has 2 amide bonds. The third kappa shape index (κ3) is 5.02. The Morgan fingerprint density at radius 2 is 1.71 bits per heavy atom. The smallest absolute Gasteiger partial charge is 0.308 e. The summed E-state index contributed by atoms with van der Waals surface area (Å²) in [5.74, 6) is 0. The number of rotatable bonds is 5. The number of urea groups is 1. The van der Waals surface area contributed by atoms with Crippen molar-refractivity contribution in [2.45, 2.75) is 13.5 Å². The fraction of sp³-hybridized carbons (Fsp3) is 0.0833. The van der Waals surface area contributed by atoms with Gasteiger partial charge in [-0.1, -0.05) is 18.2 Å². The van der Waals surface area contributed by atoms with Crippen LogP contribution in [0.25, 0.3) is 11.1 Å². The Morgan fingerprint density at radius 3 is 2.45 bits per heavy atom. The number of aryl methyl sites for hydroxylation is 1. The standard InChI is InChI=1S/C24H21N5O2/c1-17-14-21(6-7-22(17)19-8-11-25-12-9-19)28-23(30)27-20-5-2-4-18(15-20)16-29-13-3-10-26-24(29)31/h2-15H,16H2,1H3,(H2,27,28,30). The van der Waals surface area contributed by atoms with E-state index >= 15 is 0 Å². The van der Waals surface area contributed by atoms with Crippen molar-refractivity contribution in [2.24, 2.45) is 0 Å². The second-order valence-corrected chi connectivity index (χ2v) is 7.08. The van der Waals surface area contributed by atoms with E-state index in [4.69, 9.17) is 0 Å². The van der Waals surface area contributed by atoms with Gasteiger partial charge >= 0.3 is 11.7 Å². The third-order valence-electron chi connectivity index (χ3n) is 4.80. The summed E-state index contributed by atoms with van der Waals surface area (Å²) in [6.45, 7) is 2.38. The molecular weight excluding hydrogens is 390 g/mol. The van der Waals surface area contributed by atoms with Gasteiger partial charge in [0.15, 0.2) is 0 Å². The molecule has 2 aromatic heterocycles. The van der Waals surface area contributed by atoms with Crippen molar-refractivity contribution in [3.8, 4) is 11.1 Å². The summed E-state index contributed by atoms with van der Waals surface area (Å²) < 4.78 is 1.51. The SMILES string of the molecule is Cc1cc(NC(=O)Nc2cccc(Cn3cccnc3=O)c2)ccc1-c1ccncc1. The van der Waals surface area contributed by atoms with E-state index in [0.717, 1.165) is 22.3 Å². The fourth-order valence-electron chi connectivity index (χ4n) is 3.34. The molecule has 2 heterocycles. The first kappa shape index (κ1) is 20.0. The number of pyridine rings is 1. The lowest BCUT2D eigenvalue weighted by Crippen LogP contribution is -2.22. The van der Waals surface area contributed by atoms with E-state index in [1.54, 1.807) is 30.7 Å². The molecule has 4 aromatic rings. The molecule has 0 bridgehead atoms. The monoisotopic (exact) mass is 411 g/mol. The van der Waals surface area contributed by atoms with Crippen LogP contribution in [-0.4, -0.2) is 20.6 Å². The van der Waals surface area contributed by atoms with Crippen molar-refractivity contribution < 1.29 is 4.79 Å². The van der Waals surface area contributed by atoms with E-state index in [1.807, 2.05) is 55.5 Å². The molecule has 0 fully saturated rings. The minimum absolute atomic E-state index is 0.316. The highest BCUT2D eigenvalue weighted by Gasteiger charge is 2.07. The normalized spacial score (nSPS) is 10.5. The Morgan fingerprint density at radius 1 is 0.935 bits per heavy atom. The Balaban J connectivity index is 1.43. The Hall–Kier alpha value is -4.26. The second-order valence-electron chi connectivity index (χ2n) is 7.08. The molecule has 154 valence electrons. The number of benzene rings is 2. The predicted octanol–water partition coefficient (Wildman–Crippen LogP) is 4.31. The van der Waals surface area contributed by atoms with Crippen LogP contribution in [0.5, 0.6) is 0 Å². The molecule has 0 saturated heterocycles. The van der Waals surface area contributed by atoms with Gasteiger partial charge in [0.25, 0.3) is 0 Å². The Kier molecular flexibility index (Phi) is 5.84.